The molecule has 0 aliphatic carbocycles. The van der Waals surface area contributed by atoms with Crippen LogP contribution in [0.1, 0.15) is 29.2 Å². The molecule has 0 unspecified atom stereocenters. The summed E-state index contributed by atoms with van der Waals surface area (Å²) < 4.78 is 65.2. The fraction of sp³-hybridized carbons (Fsp3) is 0.188. The number of aryl methyl sites for hydroxylation is 1. The van der Waals surface area contributed by atoms with Gasteiger partial charge in [-0.1, -0.05) is 37.3 Å². The smallest absolute Gasteiger partial charge is 0.326 e. The molecule has 0 atom stereocenters. The summed E-state index contributed by atoms with van der Waals surface area (Å²) in [5.41, 5.74) is 4.70. The van der Waals surface area contributed by atoms with Gasteiger partial charge >= 0.3 is 6.18 Å². The van der Waals surface area contributed by atoms with E-state index in [9.17, 15) is 26.4 Å². The van der Waals surface area contributed by atoms with Gasteiger partial charge in [0.2, 0.25) is 5.91 Å². The largest absolute Gasteiger partial charge is 0.416 e. The number of anilines is 1. The van der Waals surface area contributed by atoms with Gasteiger partial charge in [0.25, 0.3) is 0 Å². The number of sulfone groups is 1. The molecule has 0 saturated heterocycles. The lowest BCUT2D eigenvalue weighted by Crippen LogP contribution is -2.14. The maximum absolute atomic E-state index is 13.1. The number of carbonyl (C=O) groups excluding carboxylic acids is 1. The average molecular weight is 592 g/mol. The van der Waals surface area contributed by atoms with E-state index in [-0.39, 0.29) is 23.0 Å². The van der Waals surface area contributed by atoms with E-state index in [2.05, 4.69) is 5.32 Å². The molecule has 42 heavy (non-hydrogen) atoms. The minimum Gasteiger partial charge on any atom is -0.326 e. The molecular weight excluding hydrogens is 563 g/mol. The summed E-state index contributed by atoms with van der Waals surface area (Å²) in [5.74, 6) is 0.405. The van der Waals surface area contributed by atoms with Gasteiger partial charge < -0.3 is 9.88 Å². The van der Waals surface area contributed by atoms with Crippen LogP contribution in [0.15, 0.2) is 95.9 Å². The Morgan fingerprint density at radius 2 is 1.52 bits per heavy atom. The van der Waals surface area contributed by atoms with Gasteiger partial charge in [-0.3, -0.25) is 4.79 Å². The SMILES string of the molecule is CCS(=O)(=O)c1ccc(CC(=O)Nc2ccc(-c3nc4ccc(C)cc4n3Cc3ccc(C(F)(F)F)cc3)cc2)cc1. The molecule has 0 fully saturated rings. The predicted molar refractivity (Wildman–Crippen MR) is 157 cm³/mol. The van der Waals surface area contributed by atoms with Crippen LogP contribution < -0.4 is 5.32 Å². The first-order valence-corrected chi connectivity index (χ1v) is 14.9. The quantitative estimate of drug-likeness (QED) is 0.210. The zero-order valence-electron chi connectivity index (χ0n) is 22.9. The van der Waals surface area contributed by atoms with E-state index in [1.807, 2.05) is 41.8 Å². The van der Waals surface area contributed by atoms with Crippen molar-refractivity contribution >= 4 is 32.5 Å². The van der Waals surface area contributed by atoms with Crippen molar-refractivity contribution in [2.45, 2.75) is 37.9 Å². The molecule has 1 N–H and O–H groups in total. The van der Waals surface area contributed by atoms with Crippen LogP contribution in [0.25, 0.3) is 22.4 Å². The third-order valence-corrected chi connectivity index (χ3v) is 8.73. The molecule has 5 aromatic rings. The van der Waals surface area contributed by atoms with Crippen LogP contribution in [0, 0.1) is 6.92 Å². The molecule has 4 aromatic carbocycles. The second kappa shape index (κ2) is 11.4. The first kappa shape index (κ1) is 29.1. The van der Waals surface area contributed by atoms with Crippen LogP contribution in [-0.2, 0) is 33.8 Å². The number of rotatable bonds is 8. The number of hydrogen-bond acceptors (Lipinski definition) is 4. The standard InChI is InChI=1S/C32H28F3N3O3S/c1-3-42(40,41)27-15-7-22(8-16-27)19-30(39)36-26-13-9-24(10-14-26)31-37-28-17-4-21(2)18-29(28)38(31)20-23-5-11-25(12-6-23)32(33,34)35/h4-18H,3,19-20H2,1-2H3,(H,36,39). The maximum Gasteiger partial charge on any atom is 0.416 e. The summed E-state index contributed by atoms with van der Waals surface area (Å²) in [6.07, 6.45) is -4.32. The normalized spacial score (nSPS) is 12.0. The van der Waals surface area contributed by atoms with E-state index in [0.717, 1.165) is 34.3 Å². The van der Waals surface area contributed by atoms with E-state index in [1.54, 1.807) is 31.2 Å². The second-order valence-corrected chi connectivity index (χ2v) is 12.3. The average Bonchev–Trinajstić information content (AvgIpc) is 3.30. The Morgan fingerprint density at radius 3 is 2.14 bits per heavy atom. The summed E-state index contributed by atoms with van der Waals surface area (Å²) in [7, 11) is -3.31. The molecular formula is C32H28F3N3O3S. The number of imidazole rings is 1. The third-order valence-electron chi connectivity index (χ3n) is 6.98. The lowest BCUT2D eigenvalue weighted by molar-refractivity contribution is -0.137. The van der Waals surface area contributed by atoms with Gasteiger partial charge in [-0.25, -0.2) is 13.4 Å². The number of benzene rings is 4. The molecule has 5 rings (SSSR count). The van der Waals surface area contributed by atoms with Crippen molar-refractivity contribution in [3.05, 3.63) is 113 Å². The van der Waals surface area contributed by atoms with Crippen molar-refractivity contribution in [1.82, 2.24) is 9.55 Å². The number of alkyl halides is 3. The Bertz CT molecular complexity index is 1840. The highest BCUT2D eigenvalue weighted by Crippen LogP contribution is 2.31. The van der Waals surface area contributed by atoms with E-state index >= 15 is 0 Å². The van der Waals surface area contributed by atoms with Crippen molar-refractivity contribution in [1.29, 1.82) is 0 Å². The summed E-state index contributed by atoms with van der Waals surface area (Å²) in [6.45, 7) is 3.87. The second-order valence-electron chi connectivity index (χ2n) is 10.1. The van der Waals surface area contributed by atoms with Gasteiger partial charge in [0.1, 0.15) is 5.82 Å². The van der Waals surface area contributed by atoms with Crippen molar-refractivity contribution in [3.8, 4) is 11.4 Å². The zero-order chi connectivity index (χ0) is 30.1. The molecule has 216 valence electrons. The summed E-state index contributed by atoms with van der Waals surface area (Å²) in [5, 5.41) is 2.85. The van der Waals surface area contributed by atoms with E-state index < -0.39 is 21.6 Å². The Hall–Kier alpha value is -4.44. The van der Waals surface area contributed by atoms with E-state index in [4.69, 9.17) is 4.98 Å². The van der Waals surface area contributed by atoms with Gasteiger partial charge in [-0.05, 0) is 84.3 Å². The van der Waals surface area contributed by atoms with E-state index in [1.165, 1.54) is 24.3 Å². The lowest BCUT2D eigenvalue weighted by Gasteiger charge is -2.12. The van der Waals surface area contributed by atoms with Gasteiger partial charge in [-0.15, -0.1) is 0 Å². The van der Waals surface area contributed by atoms with Crippen molar-refractivity contribution in [2.75, 3.05) is 11.1 Å². The molecule has 0 aliphatic rings. The summed E-state index contributed by atoms with van der Waals surface area (Å²) >= 11 is 0. The van der Waals surface area contributed by atoms with Crippen LogP contribution in [0.2, 0.25) is 0 Å². The fourth-order valence-electron chi connectivity index (χ4n) is 4.67. The molecule has 0 saturated carbocycles. The van der Waals surface area contributed by atoms with Crippen LogP contribution in [0.3, 0.4) is 0 Å². The van der Waals surface area contributed by atoms with Gasteiger partial charge in [-0.2, -0.15) is 13.2 Å². The number of nitrogens with zero attached hydrogens (tertiary/aromatic N) is 2. The highest BCUT2D eigenvalue weighted by atomic mass is 32.2. The Balaban J connectivity index is 1.35. The van der Waals surface area contributed by atoms with Crippen LogP contribution in [0.5, 0.6) is 0 Å². The molecule has 10 heteroatoms. The molecule has 1 heterocycles. The Labute approximate surface area is 241 Å². The molecule has 0 aliphatic heterocycles. The summed E-state index contributed by atoms with van der Waals surface area (Å²) in [4.78, 5) is 17.7. The first-order valence-electron chi connectivity index (χ1n) is 13.3. The van der Waals surface area contributed by atoms with Crippen molar-refractivity contribution in [3.63, 3.8) is 0 Å². The number of aromatic nitrogens is 2. The molecule has 0 radical (unpaired) electrons. The molecule has 0 bridgehead atoms. The van der Waals surface area contributed by atoms with Crippen molar-refractivity contribution < 1.29 is 26.4 Å². The van der Waals surface area contributed by atoms with Gasteiger partial charge in [0, 0.05) is 17.8 Å². The number of fused-ring (bicyclic) bond motifs is 1. The first-order chi connectivity index (χ1) is 19.9. The highest BCUT2D eigenvalue weighted by molar-refractivity contribution is 7.91. The van der Waals surface area contributed by atoms with Crippen LogP contribution >= 0.6 is 0 Å². The topological polar surface area (TPSA) is 81.1 Å². The molecule has 1 aromatic heterocycles. The molecule has 6 nitrogen and oxygen atoms in total. The third kappa shape index (κ3) is 6.38. The maximum atomic E-state index is 13.1. The minimum absolute atomic E-state index is 0.00773. The fourth-order valence-corrected chi connectivity index (χ4v) is 5.55. The molecule has 0 spiro atoms. The summed E-state index contributed by atoms with van der Waals surface area (Å²) in [6, 6.07) is 24.4. The number of carbonyl (C=O) groups is 1. The van der Waals surface area contributed by atoms with Crippen molar-refractivity contribution in [2.24, 2.45) is 0 Å². The molecule has 1 amide bonds. The Kier molecular flexibility index (Phi) is 7.92. The van der Waals surface area contributed by atoms with Gasteiger partial charge in [0.15, 0.2) is 9.84 Å². The number of hydrogen-bond donors (Lipinski definition) is 1. The van der Waals surface area contributed by atoms with E-state index in [0.29, 0.717) is 29.2 Å². The number of amides is 1. The number of nitrogens with one attached hydrogen (secondary N) is 1. The Morgan fingerprint density at radius 1 is 0.881 bits per heavy atom. The van der Waals surface area contributed by atoms with Crippen LogP contribution in [-0.4, -0.2) is 29.6 Å². The minimum atomic E-state index is -4.40. The monoisotopic (exact) mass is 591 g/mol. The zero-order valence-corrected chi connectivity index (χ0v) is 23.8. The lowest BCUT2D eigenvalue weighted by atomic mass is 10.1. The highest BCUT2D eigenvalue weighted by Gasteiger charge is 2.30. The van der Waals surface area contributed by atoms with Crippen LogP contribution in [0.4, 0.5) is 18.9 Å². The predicted octanol–water partition coefficient (Wildman–Crippen LogP) is 7.05. The number of halogens is 3. The van der Waals surface area contributed by atoms with Gasteiger partial charge in [0.05, 0.1) is 33.7 Å².